The fourth-order valence-corrected chi connectivity index (χ4v) is 2.48. The quantitative estimate of drug-likeness (QED) is 0.732. The molecule has 0 fully saturated rings. The van der Waals surface area contributed by atoms with Gasteiger partial charge in [-0.1, -0.05) is 18.2 Å². The van der Waals surface area contributed by atoms with Crippen LogP contribution >= 0.6 is 0 Å². The Bertz CT molecular complexity index is 784. The molecule has 0 saturated heterocycles. The lowest BCUT2D eigenvalue weighted by Crippen LogP contribution is -2.03. The second-order valence-electron chi connectivity index (χ2n) is 5.30. The normalized spacial score (nSPS) is 10.8. The molecule has 0 bridgehead atoms. The Kier molecular flexibility index (Phi) is 3.17. The van der Waals surface area contributed by atoms with E-state index in [1.807, 2.05) is 25.1 Å². The topological polar surface area (TPSA) is 69.6 Å². The minimum absolute atomic E-state index is 0.654. The lowest BCUT2D eigenvalue weighted by atomic mass is 10.1. The molecular formula is C16H17N5. The first kappa shape index (κ1) is 13.3. The zero-order chi connectivity index (χ0) is 15.0. The third-order valence-electron chi connectivity index (χ3n) is 3.49. The molecule has 0 aliphatic heterocycles. The highest BCUT2D eigenvalue weighted by molar-refractivity contribution is 5.74. The summed E-state index contributed by atoms with van der Waals surface area (Å²) in [4.78, 5) is 0. The highest BCUT2D eigenvalue weighted by Crippen LogP contribution is 2.28. The van der Waals surface area contributed by atoms with Gasteiger partial charge in [0.05, 0.1) is 5.69 Å². The monoisotopic (exact) mass is 279 g/mol. The van der Waals surface area contributed by atoms with Crippen LogP contribution < -0.4 is 5.73 Å². The third kappa shape index (κ3) is 2.38. The molecule has 0 radical (unpaired) electrons. The molecule has 3 rings (SSSR count). The van der Waals surface area contributed by atoms with Crippen LogP contribution in [0.5, 0.6) is 0 Å². The van der Waals surface area contributed by atoms with Crippen molar-refractivity contribution >= 4 is 5.69 Å². The number of anilines is 1. The first-order valence-corrected chi connectivity index (χ1v) is 6.79. The van der Waals surface area contributed by atoms with E-state index in [0.29, 0.717) is 11.5 Å². The van der Waals surface area contributed by atoms with Crippen molar-refractivity contribution in [3.8, 4) is 17.1 Å². The number of nitrogens with two attached hydrogens (primary N) is 1. The first-order chi connectivity index (χ1) is 10.1. The summed E-state index contributed by atoms with van der Waals surface area (Å²) in [7, 11) is 0. The molecule has 1 aromatic heterocycles. The van der Waals surface area contributed by atoms with E-state index in [1.165, 1.54) is 11.1 Å². The van der Waals surface area contributed by atoms with Gasteiger partial charge < -0.3 is 5.73 Å². The molecular weight excluding hydrogens is 262 g/mol. The zero-order valence-corrected chi connectivity index (χ0v) is 12.3. The molecule has 0 saturated carbocycles. The summed E-state index contributed by atoms with van der Waals surface area (Å²) in [5.41, 5.74) is 12.0. The number of nitrogen functional groups attached to an aromatic ring is 1. The highest BCUT2D eigenvalue weighted by atomic mass is 15.5. The Morgan fingerprint density at radius 2 is 1.71 bits per heavy atom. The van der Waals surface area contributed by atoms with E-state index in [2.05, 4.69) is 47.6 Å². The van der Waals surface area contributed by atoms with Gasteiger partial charge in [0, 0.05) is 11.3 Å². The van der Waals surface area contributed by atoms with Crippen molar-refractivity contribution in [2.24, 2.45) is 0 Å². The number of benzene rings is 2. The van der Waals surface area contributed by atoms with E-state index in [-0.39, 0.29) is 0 Å². The van der Waals surface area contributed by atoms with Crippen LogP contribution in [0.2, 0.25) is 0 Å². The smallest absolute Gasteiger partial charge is 0.189 e. The van der Waals surface area contributed by atoms with E-state index in [9.17, 15) is 0 Å². The number of hydrogen-bond donors (Lipinski definition) is 1. The number of nitrogens with zero attached hydrogens (tertiary/aromatic N) is 4. The molecule has 0 atom stereocenters. The standard InChI is InChI=1S/C16H17N5/c1-10-7-11(2)9-13(8-10)21-16(18-19-20-21)14-6-4-5-12(3)15(14)17/h4-9H,17H2,1-3H3. The zero-order valence-electron chi connectivity index (χ0n) is 12.3. The fraction of sp³-hybridized carbons (Fsp3) is 0.188. The molecule has 1 heterocycles. The largest absolute Gasteiger partial charge is 0.398 e. The molecule has 0 amide bonds. The molecule has 2 aromatic carbocycles. The summed E-state index contributed by atoms with van der Waals surface area (Å²) < 4.78 is 1.73. The Morgan fingerprint density at radius 3 is 2.43 bits per heavy atom. The first-order valence-electron chi connectivity index (χ1n) is 6.79. The van der Waals surface area contributed by atoms with E-state index < -0.39 is 0 Å². The van der Waals surface area contributed by atoms with Gasteiger partial charge in [-0.2, -0.15) is 4.68 Å². The molecule has 106 valence electrons. The average molecular weight is 279 g/mol. The Labute approximate surface area is 123 Å². The van der Waals surface area contributed by atoms with Gasteiger partial charge in [-0.15, -0.1) is 5.10 Å². The van der Waals surface area contributed by atoms with Crippen molar-refractivity contribution in [3.05, 3.63) is 53.1 Å². The molecule has 0 unspecified atom stereocenters. The summed E-state index contributed by atoms with van der Waals surface area (Å²) >= 11 is 0. The molecule has 0 aliphatic rings. The Morgan fingerprint density at radius 1 is 1.00 bits per heavy atom. The Balaban J connectivity index is 2.19. The highest BCUT2D eigenvalue weighted by Gasteiger charge is 2.14. The van der Waals surface area contributed by atoms with Gasteiger partial charge in [0.1, 0.15) is 0 Å². The van der Waals surface area contributed by atoms with Gasteiger partial charge in [0.2, 0.25) is 0 Å². The maximum atomic E-state index is 6.17. The molecule has 2 N–H and O–H groups in total. The summed E-state index contributed by atoms with van der Waals surface area (Å²) in [5.74, 6) is 0.654. The number of tetrazole rings is 1. The number of aryl methyl sites for hydroxylation is 3. The summed E-state index contributed by atoms with van der Waals surface area (Å²) in [5, 5.41) is 12.1. The van der Waals surface area contributed by atoms with Crippen LogP contribution in [0, 0.1) is 20.8 Å². The van der Waals surface area contributed by atoms with Crippen molar-refractivity contribution < 1.29 is 0 Å². The molecule has 0 spiro atoms. The van der Waals surface area contributed by atoms with Crippen molar-refractivity contribution in [2.45, 2.75) is 20.8 Å². The minimum atomic E-state index is 0.654. The van der Waals surface area contributed by atoms with E-state index in [4.69, 9.17) is 5.73 Å². The van der Waals surface area contributed by atoms with Crippen LogP contribution in [0.1, 0.15) is 16.7 Å². The number of aromatic nitrogens is 4. The van der Waals surface area contributed by atoms with E-state index >= 15 is 0 Å². The third-order valence-corrected chi connectivity index (χ3v) is 3.49. The maximum absolute atomic E-state index is 6.17. The van der Waals surface area contributed by atoms with E-state index in [1.54, 1.807) is 4.68 Å². The van der Waals surface area contributed by atoms with Crippen LogP contribution in [-0.4, -0.2) is 20.2 Å². The maximum Gasteiger partial charge on any atom is 0.189 e. The second kappa shape index (κ2) is 5.01. The van der Waals surface area contributed by atoms with E-state index in [0.717, 1.165) is 16.8 Å². The SMILES string of the molecule is Cc1cc(C)cc(-n2nnnc2-c2cccc(C)c2N)c1. The van der Waals surface area contributed by atoms with Gasteiger partial charge in [-0.05, 0) is 66.1 Å². The predicted octanol–water partition coefficient (Wildman–Crippen LogP) is 2.84. The van der Waals surface area contributed by atoms with Crippen molar-refractivity contribution in [1.82, 2.24) is 20.2 Å². The van der Waals surface area contributed by atoms with Gasteiger partial charge in [-0.25, -0.2) is 0 Å². The molecule has 21 heavy (non-hydrogen) atoms. The lowest BCUT2D eigenvalue weighted by molar-refractivity contribution is 0.790. The predicted molar refractivity (Wildman–Crippen MR) is 83.2 cm³/mol. The number of para-hydroxylation sites is 1. The second-order valence-corrected chi connectivity index (χ2v) is 5.30. The van der Waals surface area contributed by atoms with Gasteiger partial charge in [0.25, 0.3) is 0 Å². The lowest BCUT2D eigenvalue weighted by Gasteiger charge is -2.10. The van der Waals surface area contributed by atoms with Crippen molar-refractivity contribution in [1.29, 1.82) is 0 Å². The van der Waals surface area contributed by atoms with Crippen molar-refractivity contribution in [3.63, 3.8) is 0 Å². The van der Waals surface area contributed by atoms with Crippen LogP contribution in [0.4, 0.5) is 5.69 Å². The van der Waals surface area contributed by atoms with Crippen LogP contribution in [0.25, 0.3) is 17.1 Å². The molecule has 5 nitrogen and oxygen atoms in total. The van der Waals surface area contributed by atoms with Crippen molar-refractivity contribution in [2.75, 3.05) is 5.73 Å². The minimum Gasteiger partial charge on any atom is -0.398 e. The molecule has 3 aromatic rings. The number of hydrogen-bond acceptors (Lipinski definition) is 4. The molecule has 0 aliphatic carbocycles. The van der Waals surface area contributed by atoms with Crippen LogP contribution in [0.15, 0.2) is 36.4 Å². The van der Waals surface area contributed by atoms with Gasteiger partial charge >= 0.3 is 0 Å². The Hall–Kier alpha value is -2.69. The summed E-state index contributed by atoms with van der Waals surface area (Å²) in [6.07, 6.45) is 0. The van der Waals surface area contributed by atoms with Crippen LogP contribution in [0.3, 0.4) is 0 Å². The van der Waals surface area contributed by atoms with Gasteiger partial charge in [-0.3, -0.25) is 0 Å². The average Bonchev–Trinajstić information content (AvgIpc) is 2.90. The summed E-state index contributed by atoms with van der Waals surface area (Å²) in [6, 6.07) is 12.1. The number of rotatable bonds is 2. The van der Waals surface area contributed by atoms with Gasteiger partial charge in [0.15, 0.2) is 5.82 Å². The molecule has 5 heteroatoms. The summed E-state index contributed by atoms with van der Waals surface area (Å²) in [6.45, 7) is 6.09. The fourth-order valence-electron chi connectivity index (χ4n) is 2.48. The van der Waals surface area contributed by atoms with Crippen LogP contribution in [-0.2, 0) is 0 Å².